The molecule has 29 heavy (non-hydrogen) atoms. The molecule has 3 aromatic rings. The summed E-state index contributed by atoms with van der Waals surface area (Å²) in [6.07, 6.45) is 0. The summed E-state index contributed by atoms with van der Waals surface area (Å²) in [6.45, 7) is 0.213. The van der Waals surface area contributed by atoms with Crippen LogP contribution in [0.25, 0.3) is 0 Å². The maximum Gasteiger partial charge on any atom is 0.343 e. The summed E-state index contributed by atoms with van der Waals surface area (Å²) in [5.41, 5.74) is -0.123. The number of fused-ring (bicyclic) bond motifs is 2. The Morgan fingerprint density at radius 2 is 1.45 bits per heavy atom. The molecule has 8 nitrogen and oxygen atoms in total. The third kappa shape index (κ3) is 3.10. The van der Waals surface area contributed by atoms with E-state index in [1.165, 1.54) is 0 Å². The van der Waals surface area contributed by atoms with Crippen molar-refractivity contribution < 1.29 is 38.3 Å². The maximum atomic E-state index is 12.0. The van der Waals surface area contributed by atoms with Crippen molar-refractivity contribution in [3.05, 3.63) is 60.2 Å². The smallest absolute Gasteiger partial charge is 0.343 e. The monoisotopic (exact) mass is 394 g/mol. The van der Waals surface area contributed by atoms with Crippen LogP contribution in [0.2, 0.25) is 0 Å². The number of aromatic carboxylic acids is 1. The quantitative estimate of drug-likeness (QED) is 0.680. The summed E-state index contributed by atoms with van der Waals surface area (Å²) >= 11 is 0. The molecule has 0 radical (unpaired) electrons. The normalized spacial score (nSPS) is 13.2. The molecule has 1 N–H and O–H groups in total. The van der Waals surface area contributed by atoms with Gasteiger partial charge in [-0.05, 0) is 36.4 Å². The fraction of sp³-hybridized carbons (Fsp3) is 0.0952. The van der Waals surface area contributed by atoms with Crippen molar-refractivity contribution >= 4 is 5.97 Å². The molecular weight excluding hydrogens is 380 g/mol. The topological polar surface area (TPSA) is 92.7 Å². The lowest BCUT2D eigenvalue weighted by molar-refractivity contribution is 0.0691. The van der Waals surface area contributed by atoms with E-state index in [1.54, 1.807) is 54.6 Å². The van der Waals surface area contributed by atoms with Gasteiger partial charge >= 0.3 is 5.97 Å². The molecule has 0 bridgehead atoms. The van der Waals surface area contributed by atoms with E-state index in [0.717, 1.165) is 0 Å². The van der Waals surface area contributed by atoms with Gasteiger partial charge in [-0.2, -0.15) is 0 Å². The highest BCUT2D eigenvalue weighted by Crippen LogP contribution is 2.44. The Kier molecular flexibility index (Phi) is 4.02. The van der Waals surface area contributed by atoms with Crippen LogP contribution in [0.5, 0.6) is 46.0 Å². The molecule has 0 unspecified atom stereocenters. The molecule has 0 amide bonds. The van der Waals surface area contributed by atoms with Gasteiger partial charge in [-0.15, -0.1) is 0 Å². The minimum atomic E-state index is -1.19. The van der Waals surface area contributed by atoms with Gasteiger partial charge in [-0.25, -0.2) is 4.79 Å². The van der Waals surface area contributed by atoms with Crippen LogP contribution in [0.3, 0.4) is 0 Å². The number of rotatable bonds is 5. The van der Waals surface area contributed by atoms with Crippen molar-refractivity contribution in [2.75, 3.05) is 13.6 Å². The van der Waals surface area contributed by atoms with E-state index in [9.17, 15) is 9.90 Å². The van der Waals surface area contributed by atoms with Gasteiger partial charge in [0, 0.05) is 6.07 Å². The van der Waals surface area contributed by atoms with Crippen LogP contribution in [-0.4, -0.2) is 24.7 Å². The van der Waals surface area contributed by atoms with E-state index in [4.69, 9.17) is 28.4 Å². The Hall–Kier alpha value is -4.07. The first-order chi connectivity index (χ1) is 14.2. The van der Waals surface area contributed by atoms with Crippen LogP contribution < -0.4 is 28.4 Å². The summed E-state index contributed by atoms with van der Waals surface area (Å²) < 4.78 is 33.0. The van der Waals surface area contributed by atoms with Crippen molar-refractivity contribution in [1.29, 1.82) is 0 Å². The average Bonchev–Trinajstić information content (AvgIpc) is 3.37. The third-order valence-electron chi connectivity index (χ3n) is 4.35. The fourth-order valence-corrected chi connectivity index (χ4v) is 3.06. The summed E-state index contributed by atoms with van der Waals surface area (Å²) in [7, 11) is 0. The highest BCUT2D eigenvalue weighted by atomic mass is 16.7. The van der Waals surface area contributed by atoms with Gasteiger partial charge in [-0.1, -0.05) is 12.1 Å². The molecule has 2 aliphatic heterocycles. The zero-order valence-corrected chi connectivity index (χ0v) is 14.9. The number of carboxylic acids is 1. The Balaban J connectivity index is 1.49. The predicted molar refractivity (Wildman–Crippen MR) is 98.7 cm³/mol. The molecule has 5 rings (SSSR count). The standard InChI is InChI=1S/C21H14O8/c22-21(23)19-14(28-12-7-8-13-18(9-12)26-10-24-13)3-1-4-15(19)29-17-6-2-5-16-20(17)27-11-25-16/h1-9H,10-11H2,(H,22,23). The van der Waals surface area contributed by atoms with E-state index < -0.39 is 5.97 Å². The van der Waals surface area contributed by atoms with Crippen LogP contribution in [0.4, 0.5) is 0 Å². The number of hydrogen-bond donors (Lipinski definition) is 1. The van der Waals surface area contributed by atoms with Gasteiger partial charge in [0.1, 0.15) is 22.8 Å². The predicted octanol–water partition coefficient (Wildman–Crippen LogP) is 4.43. The number of carbonyl (C=O) groups is 1. The van der Waals surface area contributed by atoms with E-state index >= 15 is 0 Å². The molecule has 0 atom stereocenters. The van der Waals surface area contributed by atoms with Gasteiger partial charge in [-0.3, -0.25) is 0 Å². The van der Waals surface area contributed by atoms with Crippen molar-refractivity contribution in [2.24, 2.45) is 0 Å². The van der Waals surface area contributed by atoms with Gasteiger partial charge in [0.05, 0.1) is 0 Å². The minimum Gasteiger partial charge on any atom is -0.477 e. The van der Waals surface area contributed by atoms with Crippen LogP contribution in [0, 0.1) is 0 Å². The Labute approximate surface area is 164 Å². The molecule has 0 saturated carbocycles. The molecular formula is C21H14O8. The summed E-state index contributed by atoms with van der Waals surface area (Å²) in [5, 5.41) is 9.79. The second kappa shape index (κ2) is 6.83. The van der Waals surface area contributed by atoms with Crippen molar-refractivity contribution in [3.8, 4) is 46.0 Å². The largest absolute Gasteiger partial charge is 0.477 e. The van der Waals surface area contributed by atoms with Crippen LogP contribution in [0.15, 0.2) is 54.6 Å². The molecule has 0 spiro atoms. The van der Waals surface area contributed by atoms with Crippen LogP contribution >= 0.6 is 0 Å². The summed E-state index contributed by atoms with van der Waals surface area (Å²) in [4.78, 5) is 12.0. The number of benzene rings is 3. The van der Waals surface area contributed by atoms with E-state index in [1.807, 2.05) is 0 Å². The maximum absolute atomic E-state index is 12.0. The van der Waals surface area contributed by atoms with Crippen molar-refractivity contribution in [2.45, 2.75) is 0 Å². The Morgan fingerprint density at radius 3 is 2.31 bits per heavy atom. The molecule has 0 aromatic heterocycles. The molecule has 0 aliphatic carbocycles. The highest BCUT2D eigenvalue weighted by molar-refractivity contribution is 5.94. The number of carboxylic acid groups (broad SMARTS) is 1. The number of para-hydroxylation sites is 1. The molecule has 146 valence electrons. The molecule has 8 heteroatoms. The molecule has 2 aliphatic rings. The van der Waals surface area contributed by atoms with E-state index in [2.05, 4.69) is 0 Å². The highest BCUT2D eigenvalue weighted by Gasteiger charge is 2.24. The minimum absolute atomic E-state index is 0.0781. The number of ether oxygens (including phenoxy) is 6. The summed E-state index contributed by atoms with van der Waals surface area (Å²) in [6, 6.07) is 14.9. The van der Waals surface area contributed by atoms with Crippen molar-refractivity contribution in [1.82, 2.24) is 0 Å². The van der Waals surface area contributed by atoms with Crippen LogP contribution in [0.1, 0.15) is 10.4 Å². The average molecular weight is 394 g/mol. The molecule has 0 fully saturated rings. The lowest BCUT2D eigenvalue weighted by Crippen LogP contribution is -2.03. The first-order valence-electron chi connectivity index (χ1n) is 8.69. The lowest BCUT2D eigenvalue weighted by atomic mass is 10.1. The molecule has 2 heterocycles. The first kappa shape index (κ1) is 17.1. The number of hydrogen-bond acceptors (Lipinski definition) is 7. The first-order valence-corrected chi connectivity index (χ1v) is 8.69. The van der Waals surface area contributed by atoms with Crippen LogP contribution in [-0.2, 0) is 0 Å². The SMILES string of the molecule is O=C(O)c1c(Oc2ccc3c(c2)OCO3)cccc1Oc1cccc2c1OCO2. The van der Waals surface area contributed by atoms with Crippen molar-refractivity contribution in [3.63, 3.8) is 0 Å². The third-order valence-corrected chi connectivity index (χ3v) is 4.35. The van der Waals surface area contributed by atoms with Gasteiger partial charge < -0.3 is 33.5 Å². The Morgan fingerprint density at radius 1 is 0.759 bits per heavy atom. The van der Waals surface area contributed by atoms with Gasteiger partial charge in [0.2, 0.25) is 19.3 Å². The van der Waals surface area contributed by atoms with Gasteiger partial charge in [0.15, 0.2) is 23.0 Å². The molecule has 3 aromatic carbocycles. The molecule has 0 saturated heterocycles. The van der Waals surface area contributed by atoms with E-state index in [-0.39, 0.29) is 30.6 Å². The second-order valence-electron chi connectivity index (χ2n) is 6.14. The summed E-state index contributed by atoms with van der Waals surface area (Å²) in [5.74, 6) is 1.89. The van der Waals surface area contributed by atoms with E-state index in [0.29, 0.717) is 34.5 Å². The Bertz CT molecular complexity index is 1110. The second-order valence-corrected chi connectivity index (χ2v) is 6.14. The zero-order valence-electron chi connectivity index (χ0n) is 14.9. The fourth-order valence-electron chi connectivity index (χ4n) is 3.06. The van der Waals surface area contributed by atoms with Gasteiger partial charge in [0.25, 0.3) is 0 Å². The lowest BCUT2D eigenvalue weighted by Gasteiger charge is -2.14. The zero-order chi connectivity index (χ0) is 19.8.